The van der Waals surface area contributed by atoms with Crippen molar-refractivity contribution >= 4 is 56.4 Å². The van der Waals surface area contributed by atoms with Crippen LogP contribution in [-0.2, 0) is 4.79 Å². The number of anilines is 2. The number of carbonyl (C=O) groups is 1. The minimum Gasteiger partial charge on any atom is -0.375 e. The van der Waals surface area contributed by atoms with Crippen molar-refractivity contribution in [3.63, 3.8) is 0 Å². The third kappa shape index (κ3) is 4.13. The van der Waals surface area contributed by atoms with E-state index < -0.39 is 0 Å². The van der Waals surface area contributed by atoms with Gasteiger partial charge in [-0.25, -0.2) is 0 Å². The molecule has 0 unspecified atom stereocenters. The lowest BCUT2D eigenvalue weighted by Gasteiger charge is -2.10. The van der Waals surface area contributed by atoms with Crippen molar-refractivity contribution in [3.05, 3.63) is 57.0 Å². The van der Waals surface area contributed by atoms with Gasteiger partial charge in [-0.15, -0.1) is 0 Å². The molecule has 0 aliphatic heterocycles. The minimum atomic E-state index is -0.167. The first-order chi connectivity index (χ1) is 9.56. The SMILES string of the molecule is O=C(CNc1cccc(Cl)c1Cl)Nc1cccc(Br)c1. The predicted molar refractivity (Wildman–Crippen MR) is 87.7 cm³/mol. The molecule has 20 heavy (non-hydrogen) atoms. The monoisotopic (exact) mass is 372 g/mol. The van der Waals surface area contributed by atoms with Gasteiger partial charge in [0.2, 0.25) is 5.91 Å². The summed E-state index contributed by atoms with van der Waals surface area (Å²) in [7, 11) is 0. The van der Waals surface area contributed by atoms with Crippen LogP contribution in [0.25, 0.3) is 0 Å². The van der Waals surface area contributed by atoms with Gasteiger partial charge in [-0.2, -0.15) is 0 Å². The summed E-state index contributed by atoms with van der Waals surface area (Å²) in [6, 6.07) is 12.6. The van der Waals surface area contributed by atoms with E-state index in [1.54, 1.807) is 18.2 Å². The fourth-order valence-corrected chi connectivity index (χ4v) is 2.35. The highest BCUT2D eigenvalue weighted by molar-refractivity contribution is 9.10. The Morgan fingerprint density at radius 3 is 2.65 bits per heavy atom. The molecule has 6 heteroatoms. The molecule has 0 aliphatic rings. The van der Waals surface area contributed by atoms with Crippen LogP contribution in [0.2, 0.25) is 10.0 Å². The number of amides is 1. The number of rotatable bonds is 4. The zero-order chi connectivity index (χ0) is 14.5. The first-order valence-corrected chi connectivity index (χ1v) is 7.34. The van der Waals surface area contributed by atoms with Gasteiger partial charge in [0.15, 0.2) is 0 Å². The molecular weight excluding hydrogens is 363 g/mol. The van der Waals surface area contributed by atoms with Crippen molar-refractivity contribution < 1.29 is 4.79 Å². The Kier molecular flexibility index (Phi) is 5.29. The maximum absolute atomic E-state index is 11.8. The van der Waals surface area contributed by atoms with Crippen LogP contribution in [0.4, 0.5) is 11.4 Å². The summed E-state index contributed by atoms with van der Waals surface area (Å²) in [4.78, 5) is 11.8. The molecule has 2 aromatic carbocycles. The number of hydrogen-bond donors (Lipinski definition) is 2. The predicted octanol–water partition coefficient (Wildman–Crippen LogP) is 4.81. The molecule has 0 atom stereocenters. The second-order valence-electron chi connectivity index (χ2n) is 4.01. The molecule has 3 nitrogen and oxygen atoms in total. The number of benzene rings is 2. The lowest BCUT2D eigenvalue weighted by molar-refractivity contribution is -0.114. The van der Waals surface area contributed by atoms with Crippen LogP contribution in [0.3, 0.4) is 0 Å². The number of carbonyl (C=O) groups excluding carboxylic acids is 1. The van der Waals surface area contributed by atoms with E-state index in [-0.39, 0.29) is 12.5 Å². The zero-order valence-electron chi connectivity index (χ0n) is 10.3. The lowest BCUT2D eigenvalue weighted by atomic mass is 10.3. The van der Waals surface area contributed by atoms with Gasteiger partial charge in [0, 0.05) is 10.2 Å². The second-order valence-corrected chi connectivity index (χ2v) is 5.71. The Labute approximate surface area is 135 Å². The molecule has 0 aliphatic carbocycles. The molecular formula is C14H11BrCl2N2O. The molecule has 0 saturated heterocycles. The standard InChI is InChI=1S/C14H11BrCl2N2O/c15-9-3-1-4-10(7-9)19-13(20)8-18-12-6-2-5-11(16)14(12)17/h1-7,18H,8H2,(H,19,20). The first-order valence-electron chi connectivity index (χ1n) is 5.79. The van der Waals surface area contributed by atoms with E-state index in [0.29, 0.717) is 15.7 Å². The Morgan fingerprint density at radius 2 is 1.90 bits per heavy atom. The fraction of sp³-hybridized carbons (Fsp3) is 0.0714. The van der Waals surface area contributed by atoms with Crippen molar-refractivity contribution in [3.8, 4) is 0 Å². The molecule has 0 fully saturated rings. The van der Waals surface area contributed by atoms with Gasteiger partial charge in [0.05, 0.1) is 22.3 Å². The summed E-state index contributed by atoms with van der Waals surface area (Å²) in [6.45, 7) is 0.104. The summed E-state index contributed by atoms with van der Waals surface area (Å²) in [5.41, 5.74) is 1.35. The molecule has 2 aromatic rings. The summed E-state index contributed by atoms with van der Waals surface area (Å²) in [6.07, 6.45) is 0. The van der Waals surface area contributed by atoms with E-state index in [0.717, 1.165) is 10.2 Å². The molecule has 104 valence electrons. The van der Waals surface area contributed by atoms with Crippen LogP contribution in [0.1, 0.15) is 0 Å². The minimum absolute atomic E-state index is 0.104. The molecule has 0 aromatic heterocycles. The molecule has 0 heterocycles. The van der Waals surface area contributed by atoms with E-state index in [1.165, 1.54) is 0 Å². The van der Waals surface area contributed by atoms with Gasteiger partial charge in [-0.3, -0.25) is 4.79 Å². The summed E-state index contributed by atoms with van der Waals surface area (Å²) >= 11 is 15.3. The van der Waals surface area contributed by atoms with E-state index in [2.05, 4.69) is 26.6 Å². The van der Waals surface area contributed by atoms with E-state index in [1.807, 2.05) is 24.3 Å². The Bertz CT molecular complexity index is 634. The molecule has 0 spiro atoms. The summed E-state index contributed by atoms with van der Waals surface area (Å²) in [5, 5.41) is 6.58. The van der Waals surface area contributed by atoms with Crippen molar-refractivity contribution in [2.75, 3.05) is 17.2 Å². The zero-order valence-corrected chi connectivity index (χ0v) is 13.4. The lowest BCUT2D eigenvalue weighted by Crippen LogP contribution is -2.21. The third-order valence-electron chi connectivity index (χ3n) is 2.50. The van der Waals surface area contributed by atoms with Gasteiger partial charge >= 0.3 is 0 Å². The van der Waals surface area contributed by atoms with Crippen molar-refractivity contribution in [2.45, 2.75) is 0 Å². The summed E-state index contributed by atoms with van der Waals surface area (Å²) < 4.78 is 0.904. The van der Waals surface area contributed by atoms with Crippen molar-refractivity contribution in [1.29, 1.82) is 0 Å². The Hall–Kier alpha value is -1.23. The van der Waals surface area contributed by atoms with E-state index >= 15 is 0 Å². The highest BCUT2D eigenvalue weighted by atomic mass is 79.9. The average molecular weight is 374 g/mol. The number of halogens is 3. The van der Waals surface area contributed by atoms with Gasteiger partial charge < -0.3 is 10.6 Å². The smallest absolute Gasteiger partial charge is 0.243 e. The highest BCUT2D eigenvalue weighted by Gasteiger charge is 2.06. The van der Waals surface area contributed by atoms with E-state index in [4.69, 9.17) is 23.2 Å². The van der Waals surface area contributed by atoms with Gasteiger partial charge in [-0.1, -0.05) is 51.3 Å². The quantitative estimate of drug-likeness (QED) is 0.807. The van der Waals surface area contributed by atoms with Crippen LogP contribution in [-0.4, -0.2) is 12.5 Å². The normalized spacial score (nSPS) is 10.2. The second kappa shape index (κ2) is 6.97. The maximum atomic E-state index is 11.8. The molecule has 0 saturated carbocycles. The molecule has 0 radical (unpaired) electrons. The maximum Gasteiger partial charge on any atom is 0.243 e. The molecule has 1 amide bonds. The van der Waals surface area contributed by atoms with Crippen LogP contribution >= 0.6 is 39.1 Å². The Morgan fingerprint density at radius 1 is 1.15 bits per heavy atom. The number of nitrogens with one attached hydrogen (secondary N) is 2. The fourth-order valence-electron chi connectivity index (χ4n) is 1.59. The topological polar surface area (TPSA) is 41.1 Å². The van der Waals surface area contributed by atoms with Crippen LogP contribution in [0.15, 0.2) is 46.9 Å². The van der Waals surface area contributed by atoms with Crippen LogP contribution < -0.4 is 10.6 Å². The Balaban J connectivity index is 1.94. The summed E-state index contributed by atoms with van der Waals surface area (Å²) in [5.74, 6) is -0.167. The van der Waals surface area contributed by atoms with Crippen molar-refractivity contribution in [1.82, 2.24) is 0 Å². The van der Waals surface area contributed by atoms with Gasteiger partial charge in [0.1, 0.15) is 0 Å². The number of hydrogen-bond acceptors (Lipinski definition) is 2. The highest BCUT2D eigenvalue weighted by Crippen LogP contribution is 2.29. The van der Waals surface area contributed by atoms with Crippen LogP contribution in [0.5, 0.6) is 0 Å². The average Bonchev–Trinajstić information content (AvgIpc) is 2.40. The van der Waals surface area contributed by atoms with Crippen LogP contribution in [0, 0.1) is 0 Å². The largest absolute Gasteiger partial charge is 0.375 e. The van der Waals surface area contributed by atoms with Gasteiger partial charge in [-0.05, 0) is 30.3 Å². The molecule has 0 bridgehead atoms. The van der Waals surface area contributed by atoms with Gasteiger partial charge in [0.25, 0.3) is 0 Å². The third-order valence-corrected chi connectivity index (χ3v) is 3.81. The van der Waals surface area contributed by atoms with Crippen molar-refractivity contribution in [2.24, 2.45) is 0 Å². The molecule has 2 N–H and O–H groups in total. The first kappa shape index (κ1) is 15.2. The molecule has 2 rings (SSSR count). The van der Waals surface area contributed by atoms with E-state index in [9.17, 15) is 4.79 Å².